The number of aliphatic hydroxyl groups is 1. The molecule has 8 unspecified atom stereocenters. The summed E-state index contributed by atoms with van der Waals surface area (Å²) in [6, 6.07) is 0. The molecule has 0 aliphatic heterocycles. The molecule has 2 heteroatoms. The van der Waals surface area contributed by atoms with Crippen molar-refractivity contribution >= 4 is 0 Å². The monoisotopic (exact) mass is 387 g/mol. The molecule has 8 atom stereocenters. The normalized spacial score (nSPS) is 46.5. The van der Waals surface area contributed by atoms with Crippen LogP contribution in [0, 0.1) is 46.3 Å². The van der Waals surface area contributed by atoms with E-state index in [4.69, 9.17) is 0 Å². The Bertz CT molecular complexity index is 597. The second-order valence-corrected chi connectivity index (χ2v) is 11.9. The molecule has 28 heavy (non-hydrogen) atoms. The van der Waals surface area contributed by atoms with Gasteiger partial charge >= 0.3 is 0 Å². The Hall–Kier alpha value is -0.340. The van der Waals surface area contributed by atoms with Gasteiger partial charge < -0.3 is 10.4 Å². The van der Waals surface area contributed by atoms with E-state index in [0.29, 0.717) is 10.8 Å². The molecule has 3 saturated carbocycles. The molecule has 0 aromatic rings. The van der Waals surface area contributed by atoms with E-state index in [1.807, 2.05) is 0 Å². The molecule has 160 valence electrons. The number of rotatable bonds is 5. The van der Waals surface area contributed by atoms with Gasteiger partial charge in [-0.15, -0.1) is 0 Å². The summed E-state index contributed by atoms with van der Waals surface area (Å²) < 4.78 is 0. The van der Waals surface area contributed by atoms with Crippen molar-refractivity contribution in [2.24, 2.45) is 46.3 Å². The zero-order chi connectivity index (χ0) is 20.1. The van der Waals surface area contributed by atoms with Crippen molar-refractivity contribution in [3.8, 4) is 0 Å². The highest BCUT2D eigenvalue weighted by Crippen LogP contribution is 2.67. The molecule has 0 aromatic carbocycles. The van der Waals surface area contributed by atoms with Crippen LogP contribution in [0.2, 0.25) is 0 Å². The summed E-state index contributed by atoms with van der Waals surface area (Å²) in [6.07, 6.45) is 12.7. The van der Waals surface area contributed by atoms with E-state index < -0.39 is 0 Å². The highest BCUT2D eigenvalue weighted by Gasteiger charge is 2.59. The average molecular weight is 388 g/mol. The van der Waals surface area contributed by atoms with Gasteiger partial charge in [0.1, 0.15) is 0 Å². The van der Waals surface area contributed by atoms with Crippen LogP contribution >= 0.6 is 0 Å². The summed E-state index contributed by atoms with van der Waals surface area (Å²) in [7, 11) is 0. The second kappa shape index (κ2) is 7.73. The van der Waals surface area contributed by atoms with Gasteiger partial charge in [0, 0.05) is 0 Å². The Balaban J connectivity index is 1.49. The minimum Gasteiger partial charge on any atom is -0.393 e. The van der Waals surface area contributed by atoms with E-state index in [1.165, 1.54) is 45.1 Å². The number of aliphatic hydroxyl groups excluding tert-OH is 1. The van der Waals surface area contributed by atoms with Crippen molar-refractivity contribution in [2.75, 3.05) is 13.1 Å². The highest BCUT2D eigenvalue weighted by atomic mass is 16.3. The molecule has 3 fully saturated rings. The summed E-state index contributed by atoms with van der Waals surface area (Å²) in [6.45, 7) is 14.7. The molecule has 0 bridgehead atoms. The minimum atomic E-state index is -0.0835. The Kier molecular flexibility index (Phi) is 5.77. The van der Waals surface area contributed by atoms with E-state index in [2.05, 4.69) is 46.0 Å². The first-order chi connectivity index (χ1) is 13.3. The smallest absolute Gasteiger partial charge is 0.0577 e. The minimum absolute atomic E-state index is 0.0835. The summed E-state index contributed by atoms with van der Waals surface area (Å²) >= 11 is 0. The van der Waals surface area contributed by atoms with Gasteiger partial charge in [-0.2, -0.15) is 0 Å². The van der Waals surface area contributed by atoms with Crippen molar-refractivity contribution < 1.29 is 5.11 Å². The van der Waals surface area contributed by atoms with Crippen molar-refractivity contribution in [3.05, 3.63) is 11.6 Å². The number of hydrogen-bond acceptors (Lipinski definition) is 2. The Morgan fingerprint density at radius 2 is 1.82 bits per heavy atom. The van der Waals surface area contributed by atoms with E-state index in [1.54, 1.807) is 5.57 Å². The van der Waals surface area contributed by atoms with Gasteiger partial charge in [0.2, 0.25) is 0 Å². The largest absolute Gasteiger partial charge is 0.393 e. The van der Waals surface area contributed by atoms with Crippen LogP contribution < -0.4 is 5.32 Å². The van der Waals surface area contributed by atoms with Crippen molar-refractivity contribution in [2.45, 2.75) is 92.1 Å². The maximum absolute atomic E-state index is 10.2. The molecular formula is C26H45NO. The van der Waals surface area contributed by atoms with Gasteiger partial charge in [0.05, 0.1) is 6.10 Å². The molecule has 4 aliphatic rings. The molecule has 4 rings (SSSR count). The van der Waals surface area contributed by atoms with Crippen LogP contribution in [-0.4, -0.2) is 24.3 Å². The predicted molar refractivity (Wildman–Crippen MR) is 118 cm³/mol. The molecule has 2 N–H and O–H groups in total. The maximum atomic E-state index is 10.2. The third kappa shape index (κ3) is 3.41. The first kappa shape index (κ1) is 20.9. The molecule has 0 saturated heterocycles. The molecule has 0 aromatic heterocycles. The third-order valence-corrected chi connectivity index (χ3v) is 9.86. The van der Waals surface area contributed by atoms with Gasteiger partial charge in [-0.3, -0.25) is 0 Å². The number of allylic oxidation sites excluding steroid dienone is 1. The molecule has 0 radical (unpaired) electrons. The average Bonchev–Trinajstić information content (AvgIpc) is 2.99. The van der Waals surface area contributed by atoms with Gasteiger partial charge in [0.25, 0.3) is 0 Å². The Labute approximate surface area is 173 Å². The van der Waals surface area contributed by atoms with Gasteiger partial charge in [-0.1, -0.05) is 46.3 Å². The summed E-state index contributed by atoms with van der Waals surface area (Å²) in [5.41, 5.74) is 2.54. The zero-order valence-corrected chi connectivity index (χ0v) is 19.1. The molecule has 0 spiro atoms. The number of hydrogen-bond donors (Lipinski definition) is 2. The maximum Gasteiger partial charge on any atom is 0.0577 e. The summed E-state index contributed by atoms with van der Waals surface area (Å²) in [5.74, 6) is 5.11. The fraction of sp³-hybridized carbons (Fsp3) is 0.923. The van der Waals surface area contributed by atoms with Crippen LogP contribution in [-0.2, 0) is 0 Å². The van der Waals surface area contributed by atoms with Crippen LogP contribution in [0.15, 0.2) is 11.6 Å². The van der Waals surface area contributed by atoms with Gasteiger partial charge in [-0.05, 0) is 111 Å². The Morgan fingerprint density at radius 3 is 2.57 bits per heavy atom. The molecular weight excluding hydrogens is 342 g/mol. The van der Waals surface area contributed by atoms with E-state index in [-0.39, 0.29) is 6.10 Å². The number of nitrogens with one attached hydrogen (secondary N) is 1. The topological polar surface area (TPSA) is 32.3 Å². The lowest BCUT2D eigenvalue weighted by Gasteiger charge is -2.58. The lowest BCUT2D eigenvalue weighted by molar-refractivity contribution is -0.0565. The van der Waals surface area contributed by atoms with E-state index >= 15 is 0 Å². The predicted octanol–water partition coefficient (Wildman–Crippen LogP) is 5.81. The van der Waals surface area contributed by atoms with Crippen LogP contribution in [0.3, 0.4) is 0 Å². The quantitative estimate of drug-likeness (QED) is 0.584. The first-order valence-electron chi connectivity index (χ1n) is 12.3. The lowest BCUT2D eigenvalue weighted by Crippen LogP contribution is -2.51. The van der Waals surface area contributed by atoms with Crippen molar-refractivity contribution in [1.29, 1.82) is 0 Å². The summed E-state index contributed by atoms with van der Waals surface area (Å²) in [4.78, 5) is 0. The first-order valence-corrected chi connectivity index (χ1v) is 12.3. The van der Waals surface area contributed by atoms with Crippen molar-refractivity contribution in [3.63, 3.8) is 0 Å². The third-order valence-electron chi connectivity index (χ3n) is 9.86. The molecule has 2 nitrogen and oxygen atoms in total. The van der Waals surface area contributed by atoms with Crippen LogP contribution in [0.5, 0.6) is 0 Å². The molecule has 4 aliphatic carbocycles. The Morgan fingerprint density at radius 1 is 1.04 bits per heavy atom. The highest BCUT2D eigenvalue weighted by molar-refractivity contribution is 5.25. The molecule has 0 heterocycles. The van der Waals surface area contributed by atoms with Crippen LogP contribution in [0.1, 0.15) is 86.0 Å². The number of fused-ring (bicyclic) bond motifs is 5. The lowest BCUT2D eigenvalue weighted by atomic mass is 9.47. The fourth-order valence-electron chi connectivity index (χ4n) is 8.36. The van der Waals surface area contributed by atoms with Gasteiger partial charge in [-0.25, -0.2) is 0 Å². The standard InChI is InChI=1S/C26H45NO/c1-17(2)15-27-16-18(3)22-8-9-23-21-7-6-19-14-20(28)10-12-25(19,4)24(21)11-13-26(22,23)5/h6,17-18,20-24,27-28H,7-16H2,1-5H3. The van der Waals surface area contributed by atoms with Crippen LogP contribution in [0.25, 0.3) is 0 Å². The zero-order valence-electron chi connectivity index (χ0n) is 19.1. The van der Waals surface area contributed by atoms with Crippen molar-refractivity contribution in [1.82, 2.24) is 5.32 Å². The van der Waals surface area contributed by atoms with Gasteiger partial charge in [0.15, 0.2) is 0 Å². The van der Waals surface area contributed by atoms with Crippen LogP contribution in [0.4, 0.5) is 0 Å². The SMILES string of the molecule is CC(C)CNCC(C)C1CCC2C3CC=C4CC(O)CCC4(C)C3CCC12C. The summed E-state index contributed by atoms with van der Waals surface area (Å²) in [5, 5.41) is 13.9. The van der Waals surface area contributed by atoms with E-state index in [0.717, 1.165) is 54.9 Å². The second-order valence-electron chi connectivity index (χ2n) is 11.9. The fourth-order valence-corrected chi connectivity index (χ4v) is 8.36. The van der Waals surface area contributed by atoms with E-state index in [9.17, 15) is 5.11 Å². The molecule has 0 amide bonds.